The number of rotatable bonds is 4. The molecular weight excluding hydrogens is 262 g/mol. The highest BCUT2D eigenvalue weighted by Crippen LogP contribution is 2.30. The molecule has 1 aromatic rings. The first-order chi connectivity index (χ1) is 9.10. The summed E-state index contributed by atoms with van der Waals surface area (Å²) < 4.78 is 0. The first-order valence-electron chi connectivity index (χ1n) is 6.46. The normalized spacial score (nSPS) is 19.9. The molecule has 1 aliphatic rings. The minimum absolute atomic E-state index is 0.0129. The first kappa shape index (κ1) is 14.1. The monoisotopic (exact) mass is 281 g/mol. The van der Waals surface area contributed by atoms with Crippen LogP contribution in [0.25, 0.3) is 0 Å². The van der Waals surface area contributed by atoms with Crippen LogP contribution in [0.3, 0.4) is 0 Å². The SMILES string of the molecule is CCc1cc[nH]c1C(=O)N1C(C(C)=O)SCN1CC. The third-order valence-electron chi connectivity index (χ3n) is 3.26. The van der Waals surface area contributed by atoms with E-state index in [1.54, 1.807) is 11.2 Å². The molecule has 0 spiro atoms. The number of aromatic amines is 1. The zero-order chi connectivity index (χ0) is 14.0. The molecule has 104 valence electrons. The Hall–Kier alpha value is -1.27. The fourth-order valence-corrected chi connectivity index (χ4v) is 3.44. The molecule has 1 amide bonds. The fraction of sp³-hybridized carbons (Fsp3) is 0.538. The van der Waals surface area contributed by atoms with E-state index in [0.717, 1.165) is 12.0 Å². The fourth-order valence-electron chi connectivity index (χ4n) is 2.22. The van der Waals surface area contributed by atoms with Crippen LogP contribution in [-0.4, -0.2) is 44.5 Å². The number of ketones is 1. The van der Waals surface area contributed by atoms with Gasteiger partial charge in [-0.15, -0.1) is 11.8 Å². The van der Waals surface area contributed by atoms with E-state index in [1.807, 2.05) is 24.9 Å². The molecule has 2 heterocycles. The Bertz CT molecular complexity index is 486. The molecule has 2 rings (SSSR count). The maximum absolute atomic E-state index is 12.7. The van der Waals surface area contributed by atoms with E-state index in [2.05, 4.69) is 4.98 Å². The lowest BCUT2D eigenvalue weighted by Crippen LogP contribution is -2.47. The smallest absolute Gasteiger partial charge is 0.286 e. The Balaban J connectivity index is 2.31. The van der Waals surface area contributed by atoms with Crippen molar-refractivity contribution in [3.63, 3.8) is 0 Å². The predicted octanol–water partition coefficient (Wildman–Crippen LogP) is 1.88. The maximum Gasteiger partial charge on any atom is 0.286 e. The van der Waals surface area contributed by atoms with Crippen LogP contribution < -0.4 is 0 Å². The number of hydrazine groups is 1. The van der Waals surface area contributed by atoms with Gasteiger partial charge in [0.1, 0.15) is 5.69 Å². The molecule has 1 aliphatic heterocycles. The highest BCUT2D eigenvalue weighted by Gasteiger charge is 2.39. The number of hydrogen-bond acceptors (Lipinski definition) is 4. The van der Waals surface area contributed by atoms with Crippen molar-refractivity contribution in [3.8, 4) is 0 Å². The van der Waals surface area contributed by atoms with Gasteiger partial charge < -0.3 is 4.98 Å². The number of Topliss-reactive ketones (excluding diaryl/α,β-unsaturated/α-hetero) is 1. The molecule has 6 heteroatoms. The van der Waals surface area contributed by atoms with E-state index in [1.165, 1.54) is 18.7 Å². The van der Waals surface area contributed by atoms with Gasteiger partial charge in [0.15, 0.2) is 11.2 Å². The molecule has 0 radical (unpaired) electrons. The zero-order valence-corrected chi connectivity index (χ0v) is 12.3. The molecule has 19 heavy (non-hydrogen) atoms. The summed E-state index contributed by atoms with van der Waals surface area (Å²) in [7, 11) is 0. The number of thioether (sulfide) groups is 1. The molecular formula is C13H19N3O2S. The Morgan fingerprint density at radius 2 is 2.21 bits per heavy atom. The van der Waals surface area contributed by atoms with Crippen molar-refractivity contribution in [1.29, 1.82) is 0 Å². The Morgan fingerprint density at radius 1 is 1.47 bits per heavy atom. The van der Waals surface area contributed by atoms with E-state index in [4.69, 9.17) is 0 Å². The van der Waals surface area contributed by atoms with Crippen LogP contribution >= 0.6 is 11.8 Å². The number of carbonyl (C=O) groups excluding carboxylic acids is 2. The second-order valence-electron chi connectivity index (χ2n) is 4.46. The third-order valence-corrected chi connectivity index (χ3v) is 4.55. The molecule has 0 saturated carbocycles. The van der Waals surface area contributed by atoms with Crippen LogP contribution in [0.1, 0.15) is 36.8 Å². The minimum atomic E-state index is -0.402. The van der Waals surface area contributed by atoms with Crippen LogP contribution in [-0.2, 0) is 11.2 Å². The van der Waals surface area contributed by atoms with Crippen LogP contribution in [0.5, 0.6) is 0 Å². The second kappa shape index (κ2) is 5.79. The van der Waals surface area contributed by atoms with Crippen LogP contribution in [0, 0.1) is 0 Å². The Kier molecular flexibility index (Phi) is 4.31. The van der Waals surface area contributed by atoms with Gasteiger partial charge >= 0.3 is 0 Å². The number of nitrogens with zero attached hydrogens (tertiary/aromatic N) is 2. The van der Waals surface area contributed by atoms with Gasteiger partial charge in [-0.1, -0.05) is 13.8 Å². The van der Waals surface area contributed by atoms with Crippen molar-refractivity contribution in [2.75, 3.05) is 12.4 Å². The summed E-state index contributed by atoms with van der Waals surface area (Å²) in [5, 5.41) is 3.11. The quantitative estimate of drug-likeness (QED) is 0.915. The molecule has 1 saturated heterocycles. The Morgan fingerprint density at radius 3 is 2.79 bits per heavy atom. The van der Waals surface area contributed by atoms with Crippen molar-refractivity contribution >= 4 is 23.5 Å². The summed E-state index contributed by atoms with van der Waals surface area (Å²) in [6.07, 6.45) is 2.57. The van der Waals surface area contributed by atoms with E-state index in [0.29, 0.717) is 18.1 Å². The highest BCUT2D eigenvalue weighted by molar-refractivity contribution is 8.00. The van der Waals surface area contributed by atoms with E-state index in [-0.39, 0.29) is 11.7 Å². The molecule has 1 unspecified atom stereocenters. The summed E-state index contributed by atoms with van der Waals surface area (Å²) in [5.41, 5.74) is 1.58. The summed E-state index contributed by atoms with van der Waals surface area (Å²) in [4.78, 5) is 27.4. The molecule has 1 N–H and O–H groups in total. The van der Waals surface area contributed by atoms with Crippen molar-refractivity contribution in [3.05, 3.63) is 23.5 Å². The number of amides is 1. The molecule has 5 nitrogen and oxygen atoms in total. The number of hydrogen-bond donors (Lipinski definition) is 1. The van der Waals surface area contributed by atoms with Gasteiger partial charge in [0.2, 0.25) is 0 Å². The lowest BCUT2D eigenvalue weighted by molar-refractivity contribution is -0.121. The topological polar surface area (TPSA) is 56.4 Å². The Labute approximate surface area is 117 Å². The average molecular weight is 281 g/mol. The van der Waals surface area contributed by atoms with Crippen LogP contribution in [0.15, 0.2) is 12.3 Å². The average Bonchev–Trinajstić information content (AvgIpc) is 3.03. The molecule has 1 aromatic heterocycles. The van der Waals surface area contributed by atoms with E-state index in [9.17, 15) is 9.59 Å². The highest BCUT2D eigenvalue weighted by atomic mass is 32.2. The van der Waals surface area contributed by atoms with Gasteiger partial charge in [-0.25, -0.2) is 10.0 Å². The van der Waals surface area contributed by atoms with Gasteiger partial charge in [0, 0.05) is 12.7 Å². The number of H-pyrrole nitrogens is 1. The largest absolute Gasteiger partial charge is 0.357 e. The van der Waals surface area contributed by atoms with E-state index >= 15 is 0 Å². The third kappa shape index (κ3) is 2.55. The van der Waals surface area contributed by atoms with Crippen molar-refractivity contribution in [2.45, 2.75) is 32.6 Å². The molecule has 0 aliphatic carbocycles. The van der Waals surface area contributed by atoms with Gasteiger partial charge in [0.05, 0.1) is 5.88 Å². The van der Waals surface area contributed by atoms with Crippen molar-refractivity contribution in [1.82, 2.24) is 15.0 Å². The maximum atomic E-state index is 12.7. The van der Waals surface area contributed by atoms with Crippen molar-refractivity contribution < 1.29 is 9.59 Å². The van der Waals surface area contributed by atoms with Gasteiger partial charge in [-0.2, -0.15) is 0 Å². The van der Waals surface area contributed by atoms with Crippen molar-refractivity contribution in [2.24, 2.45) is 0 Å². The lowest BCUT2D eigenvalue weighted by atomic mass is 10.2. The zero-order valence-electron chi connectivity index (χ0n) is 11.5. The van der Waals surface area contributed by atoms with Gasteiger partial charge in [-0.3, -0.25) is 9.59 Å². The van der Waals surface area contributed by atoms with Crippen LogP contribution in [0.2, 0.25) is 0 Å². The molecule has 0 bridgehead atoms. The molecule has 1 fully saturated rings. The summed E-state index contributed by atoms with van der Waals surface area (Å²) in [6.45, 7) is 6.24. The summed E-state index contributed by atoms with van der Waals surface area (Å²) in [6, 6.07) is 1.91. The van der Waals surface area contributed by atoms with E-state index < -0.39 is 5.37 Å². The summed E-state index contributed by atoms with van der Waals surface area (Å²) in [5.74, 6) is 0.571. The molecule has 1 atom stereocenters. The standard InChI is InChI=1S/C13H19N3O2S/c1-4-10-6-7-14-11(10)12(18)16-13(9(3)17)19-8-15(16)5-2/h6-7,13-14H,4-5,8H2,1-3H3. The summed E-state index contributed by atoms with van der Waals surface area (Å²) >= 11 is 1.50. The van der Waals surface area contributed by atoms with Crippen LogP contribution in [0.4, 0.5) is 0 Å². The number of carbonyl (C=O) groups is 2. The van der Waals surface area contributed by atoms with Gasteiger partial charge in [0.25, 0.3) is 5.91 Å². The minimum Gasteiger partial charge on any atom is -0.357 e. The number of aromatic nitrogens is 1. The lowest BCUT2D eigenvalue weighted by Gasteiger charge is -2.29. The number of aryl methyl sites for hydroxylation is 1. The van der Waals surface area contributed by atoms with Gasteiger partial charge in [-0.05, 0) is 25.0 Å². The second-order valence-corrected chi connectivity index (χ2v) is 5.50. The predicted molar refractivity (Wildman–Crippen MR) is 75.6 cm³/mol. The first-order valence-corrected chi connectivity index (χ1v) is 7.51. The molecule has 0 aromatic carbocycles. The number of nitrogens with one attached hydrogen (secondary N) is 1.